The van der Waals surface area contributed by atoms with Crippen LogP contribution < -0.4 is 24.3 Å². The van der Waals surface area contributed by atoms with Crippen LogP contribution in [0.25, 0.3) is 11.1 Å². The second-order valence-electron chi connectivity index (χ2n) is 10.6. The molecule has 0 aliphatic carbocycles. The smallest absolute Gasteiger partial charge is 0.326 e. The Morgan fingerprint density at radius 2 is 1.84 bits per heavy atom. The number of benzene rings is 3. The van der Waals surface area contributed by atoms with Gasteiger partial charge in [0.05, 0.1) is 23.9 Å². The fraction of sp³-hybridized carbons (Fsp3) is 0.265. The topological polar surface area (TPSA) is 143 Å². The maximum atomic E-state index is 11.7. The highest BCUT2D eigenvalue weighted by Crippen LogP contribution is 2.36. The zero-order chi connectivity index (χ0) is 31.1. The lowest BCUT2D eigenvalue weighted by molar-refractivity contribution is -0.145. The summed E-state index contributed by atoms with van der Waals surface area (Å²) in [5.41, 5.74) is 4.31. The van der Waals surface area contributed by atoms with E-state index >= 15 is 0 Å². The summed E-state index contributed by atoms with van der Waals surface area (Å²) in [4.78, 5) is 16.0. The molecule has 4 aromatic rings. The Morgan fingerprint density at radius 1 is 1.02 bits per heavy atom. The number of aliphatic carboxylic acids is 1. The lowest BCUT2D eigenvalue weighted by atomic mass is 9.96. The molecule has 1 aliphatic rings. The minimum Gasteiger partial charge on any atom is -0.489 e. The maximum absolute atomic E-state index is 11.7. The van der Waals surface area contributed by atoms with E-state index in [0.717, 1.165) is 33.8 Å². The number of aliphatic hydroxyl groups excluding tert-OH is 1. The number of nitrogens with one attached hydrogen (secondary N) is 1. The summed E-state index contributed by atoms with van der Waals surface area (Å²) in [6.45, 7) is 4.43. The van der Waals surface area contributed by atoms with E-state index in [4.69, 9.17) is 18.9 Å². The third kappa shape index (κ3) is 6.92. The number of aliphatic hydroxyl groups is 1. The van der Waals surface area contributed by atoms with E-state index in [0.29, 0.717) is 48.1 Å². The number of hydrogen-bond acceptors (Lipinski definition) is 9. The quantitative estimate of drug-likeness (QED) is 0.209. The molecule has 0 saturated carbocycles. The van der Waals surface area contributed by atoms with Gasteiger partial charge in [0.25, 0.3) is 0 Å². The van der Waals surface area contributed by atoms with Gasteiger partial charge in [-0.3, -0.25) is 15.1 Å². The molecule has 10 nitrogen and oxygen atoms in total. The second kappa shape index (κ2) is 13.5. The van der Waals surface area contributed by atoms with E-state index in [1.807, 2.05) is 30.3 Å². The van der Waals surface area contributed by atoms with Gasteiger partial charge in [0.1, 0.15) is 43.5 Å². The lowest BCUT2D eigenvalue weighted by Gasteiger charge is -2.24. The zero-order valence-electron chi connectivity index (χ0n) is 24.5. The highest BCUT2D eigenvalue weighted by molar-refractivity contribution is 5.78. The van der Waals surface area contributed by atoms with Gasteiger partial charge in [-0.2, -0.15) is 5.26 Å². The first kappa shape index (κ1) is 30.4. The molecule has 1 aliphatic heterocycles. The minimum atomic E-state index is -1.53. The summed E-state index contributed by atoms with van der Waals surface area (Å²) in [6.07, 6.45) is 1.54. The molecule has 0 fully saturated rings. The fourth-order valence-electron chi connectivity index (χ4n) is 4.70. The van der Waals surface area contributed by atoms with Crippen molar-refractivity contribution in [3.05, 3.63) is 101 Å². The third-order valence-electron chi connectivity index (χ3n) is 7.51. The molecule has 0 radical (unpaired) electrons. The highest BCUT2D eigenvalue weighted by Gasteiger charge is 2.32. The van der Waals surface area contributed by atoms with Crippen LogP contribution in [0.3, 0.4) is 0 Å². The Labute approximate surface area is 255 Å². The van der Waals surface area contributed by atoms with Crippen molar-refractivity contribution < 1.29 is 34.0 Å². The predicted octanol–water partition coefficient (Wildman–Crippen LogP) is 4.78. The first-order chi connectivity index (χ1) is 21.3. The van der Waals surface area contributed by atoms with Crippen molar-refractivity contribution in [2.75, 3.05) is 19.8 Å². The van der Waals surface area contributed by atoms with Crippen molar-refractivity contribution in [1.82, 2.24) is 10.3 Å². The summed E-state index contributed by atoms with van der Waals surface area (Å²) in [5, 5.41) is 31.3. The number of hydrogen-bond donors (Lipinski definition) is 3. The van der Waals surface area contributed by atoms with Crippen LogP contribution in [0.1, 0.15) is 34.9 Å². The molecule has 44 heavy (non-hydrogen) atoms. The van der Waals surface area contributed by atoms with Crippen LogP contribution in [-0.2, 0) is 24.6 Å². The SMILES string of the molecule is Cc1c(COc2ccc(CN[C@](C)(CO)C(=O)O)c(OCc3cc(C#N)ccn3)c2)cccc1-c1ccc2c(c1)OCCO2. The van der Waals surface area contributed by atoms with Crippen molar-refractivity contribution in [3.8, 4) is 40.2 Å². The molecule has 0 amide bonds. The fourth-order valence-corrected chi connectivity index (χ4v) is 4.70. The molecule has 3 aromatic carbocycles. The standard InChI is InChI=1S/C34H33N3O7/c1-22-26(4-3-5-29(22)24-7-9-30-32(15-24)42-13-12-41-30)19-43-28-8-6-25(18-37-34(2,21-38)33(39)40)31(16-28)44-20-27-14-23(17-35)10-11-36-27/h3-11,14-16,37-38H,12-13,18-21H2,1-2H3,(H,39,40)/t34-/m1/s1. The van der Waals surface area contributed by atoms with Crippen LogP contribution in [0, 0.1) is 18.3 Å². The van der Waals surface area contributed by atoms with Crippen LogP contribution in [0.2, 0.25) is 0 Å². The van der Waals surface area contributed by atoms with E-state index < -0.39 is 18.1 Å². The lowest BCUT2D eigenvalue weighted by Crippen LogP contribution is -2.52. The average molecular weight is 596 g/mol. The van der Waals surface area contributed by atoms with Crippen molar-refractivity contribution in [3.63, 3.8) is 0 Å². The number of pyridine rings is 1. The van der Waals surface area contributed by atoms with Gasteiger partial charge in [0, 0.05) is 24.4 Å². The molecule has 0 saturated heterocycles. The Balaban J connectivity index is 1.35. The normalized spacial score (nSPS) is 13.4. The van der Waals surface area contributed by atoms with Crippen molar-refractivity contribution in [2.24, 2.45) is 0 Å². The van der Waals surface area contributed by atoms with Crippen LogP contribution in [0.4, 0.5) is 0 Å². The number of carboxylic acid groups (broad SMARTS) is 1. The number of carboxylic acids is 1. The van der Waals surface area contributed by atoms with E-state index in [-0.39, 0.29) is 13.2 Å². The number of fused-ring (bicyclic) bond motifs is 1. The van der Waals surface area contributed by atoms with Gasteiger partial charge in [-0.1, -0.05) is 30.3 Å². The Bertz CT molecular complexity index is 1700. The Morgan fingerprint density at radius 3 is 2.61 bits per heavy atom. The maximum Gasteiger partial charge on any atom is 0.326 e. The molecular weight excluding hydrogens is 562 g/mol. The molecule has 1 atom stereocenters. The van der Waals surface area contributed by atoms with E-state index in [1.165, 1.54) is 6.92 Å². The molecule has 226 valence electrons. The largest absolute Gasteiger partial charge is 0.489 e. The molecule has 0 bridgehead atoms. The Kier molecular flexibility index (Phi) is 9.29. The van der Waals surface area contributed by atoms with Crippen LogP contribution in [-0.4, -0.2) is 46.5 Å². The van der Waals surface area contributed by atoms with Crippen molar-refractivity contribution in [1.29, 1.82) is 5.26 Å². The summed E-state index contributed by atoms with van der Waals surface area (Å²) < 4.78 is 23.7. The summed E-state index contributed by atoms with van der Waals surface area (Å²) in [6, 6.07) is 22.7. The van der Waals surface area contributed by atoms with Gasteiger partial charge in [0.2, 0.25) is 0 Å². The van der Waals surface area contributed by atoms with Crippen molar-refractivity contribution >= 4 is 5.97 Å². The van der Waals surface area contributed by atoms with Crippen LogP contribution >= 0.6 is 0 Å². The molecule has 0 spiro atoms. The van der Waals surface area contributed by atoms with Crippen molar-refractivity contribution in [2.45, 2.75) is 39.1 Å². The minimum absolute atomic E-state index is 0.0822. The monoisotopic (exact) mass is 595 g/mol. The molecule has 1 aromatic heterocycles. The van der Waals surface area contributed by atoms with Crippen LogP contribution in [0.15, 0.2) is 72.9 Å². The van der Waals surface area contributed by atoms with E-state index in [9.17, 15) is 20.3 Å². The van der Waals surface area contributed by atoms with Gasteiger partial charge >= 0.3 is 5.97 Å². The second-order valence-corrected chi connectivity index (χ2v) is 10.6. The highest BCUT2D eigenvalue weighted by atomic mass is 16.6. The molecule has 3 N–H and O–H groups in total. The average Bonchev–Trinajstić information content (AvgIpc) is 3.06. The van der Waals surface area contributed by atoms with Gasteiger partial charge in [-0.25, -0.2) is 0 Å². The molecule has 5 rings (SSSR count). The molecular formula is C34H33N3O7. The van der Waals surface area contributed by atoms with Gasteiger partial charge in [0.15, 0.2) is 11.5 Å². The third-order valence-corrected chi connectivity index (χ3v) is 7.51. The van der Waals surface area contributed by atoms with Crippen LogP contribution in [0.5, 0.6) is 23.0 Å². The number of aromatic nitrogens is 1. The molecule has 0 unspecified atom stereocenters. The number of rotatable bonds is 12. The van der Waals surface area contributed by atoms with Gasteiger partial charge in [-0.05, 0) is 66.4 Å². The zero-order valence-corrected chi connectivity index (χ0v) is 24.5. The summed E-state index contributed by atoms with van der Waals surface area (Å²) >= 11 is 0. The number of nitriles is 1. The molecule has 10 heteroatoms. The first-order valence-electron chi connectivity index (χ1n) is 14.1. The summed E-state index contributed by atoms with van der Waals surface area (Å²) in [5.74, 6) is 1.30. The molecule has 2 heterocycles. The Hall–Kier alpha value is -5.11. The van der Waals surface area contributed by atoms with Gasteiger partial charge in [-0.15, -0.1) is 0 Å². The number of nitrogens with zero attached hydrogens (tertiary/aromatic N) is 2. The van der Waals surface area contributed by atoms with Gasteiger partial charge < -0.3 is 29.2 Å². The summed E-state index contributed by atoms with van der Waals surface area (Å²) in [7, 11) is 0. The first-order valence-corrected chi connectivity index (χ1v) is 14.1. The van der Waals surface area contributed by atoms with E-state index in [2.05, 4.69) is 29.4 Å². The predicted molar refractivity (Wildman–Crippen MR) is 162 cm³/mol. The van der Waals surface area contributed by atoms with E-state index in [1.54, 1.807) is 36.5 Å². The number of ether oxygens (including phenoxy) is 4. The number of carbonyl (C=O) groups is 1.